The lowest BCUT2D eigenvalue weighted by molar-refractivity contribution is -0.127. The Kier molecular flexibility index (Phi) is 5.45. The van der Waals surface area contributed by atoms with Gasteiger partial charge in [-0.05, 0) is 36.5 Å². The van der Waals surface area contributed by atoms with Crippen molar-refractivity contribution >= 4 is 11.8 Å². The molecule has 1 atom stereocenters. The van der Waals surface area contributed by atoms with Crippen molar-refractivity contribution in [2.75, 3.05) is 26.2 Å². The molecule has 0 bridgehead atoms. The molecule has 24 heavy (non-hydrogen) atoms. The maximum absolute atomic E-state index is 13.2. The van der Waals surface area contributed by atoms with Gasteiger partial charge >= 0.3 is 0 Å². The molecular weight excluding hydrogens is 309 g/mol. The van der Waals surface area contributed by atoms with Crippen LogP contribution < -0.4 is 10.6 Å². The summed E-state index contributed by atoms with van der Waals surface area (Å²) in [6, 6.07) is 6.32. The Morgan fingerprint density at radius 3 is 2.67 bits per heavy atom. The summed E-state index contributed by atoms with van der Waals surface area (Å²) in [5.41, 5.74) is 0.952. The molecule has 130 valence electrons. The highest BCUT2D eigenvalue weighted by atomic mass is 19.1. The van der Waals surface area contributed by atoms with E-state index in [1.165, 1.54) is 25.0 Å². The van der Waals surface area contributed by atoms with Crippen molar-refractivity contribution in [1.29, 1.82) is 0 Å². The molecule has 1 saturated carbocycles. The Balaban J connectivity index is 1.65. The average Bonchev–Trinajstić information content (AvgIpc) is 3.08. The van der Waals surface area contributed by atoms with Crippen molar-refractivity contribution < 1.29 is 14.0 Å². The summed E-state index contributed by atoms with van der Waals surface area (Å²) in [6.45, 7) is 1.75. The van der Waals surface area contributed by atoms with Gasteiger partial charge in [0, 0.05) is 13.1 Å². The monoisotopic (exact) mass is 333 g/mol. The Labute approximate surface area is 141 Å². The Hall–Kier alpha value is -1.95. The third-order valence-electron chi connectivity index (χ3n) is 4.90. The highest BCUT2D eigenvalue weighted by Crippen LogP contribution is 2.35. The van der Waals surface area contributed by atoms with Crippen LogP contribution in [0.4, 0.5) is 4.39 Å². The van der Waals surface area contributed by atoms with Crippen LogP contribution in [0.3, 0.4) is 0 Å². The number of nitrogens with one attached hydrogen (secondary N) is 2. The number of piperazine rings is 1. The molecule has 2 fully saturated rings. The van der Waals surface area contributed by atoms with E-state index in [2.05, 4.69) is 10.6 Å². The fourth-order valence-corrected chi connectivity index (χ4v) is 3.68. The molecule has 1 aliphatic heterocycles. The zero-order valence-electron chi connectivity index (χ0n) is 13.8. The molecule has 1 saturated heterocycles. The van der Waals surface area contributed by atoms with Crippen molar-refractivity contribution in [2.45, 2.75) is 31.7 Å². The molecule has 2 N–H and O–H groups in total. The summed E-state index contributed by atoms with van der Waals surface area (Å²) in [6.07, 6.45) is 4.50. The van der Waals surface area contributed by atoms with E-state index in [-0.39, 0.29) is 36.8 Å². The van der Waals surface area contributed by atoms with E-state index in [9.17, 15) is 14.0 Å². The van der Waals surface area contributed by atoms with Gasteiger partial charge in [-0.25, -0.2) is 4.39 Å². The minimum atomic E-state index is -0.269. The number of carbonyl (C=O) groups excluding carboxylic acids is 2. The summed E-state index contributed by atoms with van der Waals surface area (Å²) in [5.74, 6) is 0.00416. The molecule has 5 nitrogen and oxygen atoms in total. The molecule has 1 aliphatic carbocycles. The predicted octanol–water partition coefficient (Wildman–Crippen LogP) is 1.60. The molecule has 0 aromatic heterocycles. The molecule has 0 spiro atoms. The quantitative estimate of drug-likeness (QED) is 0.860. The minimum absolute atomic E-state index is 0.0417. The molecule has 1 heterocycles. The van der Waals surface area contributed by atoms with Crippen LogP contribution in [0, 0.1) is 11.7 Å². The third kappa shape index (κ3) is 4.32. The molecule has 1 aromatic carbocycles. The first-order valence-corrected chi connectivity index (χ1v) is 8.66. The van der Waals surface area contributed by atoms with Crippen molar-refractivity contribution in [1.82, 2.24) is 15.5 Å². The number of amides is 2. The fraction of sp³-hybridized carbons (Fsp3) is 0.556. The highest BCUT2D eigenvalue weighted by Gasteiger charge is 2.28. The summed E-state index contributed by atoms with van der Waals surface area (Å²) in [5, 5.41) is 5.88. The average molecular weight is 333 g/mol. The smallest absolute Gasteiger partial charge is 0.234 e. The van der Waals surface area contributed by atoms with Gasteiger partial charge in [0.15, 0.2) is 0 Å². The van der Waals surface area contributed by atoms with Gasteiger partial charge in [-0.2, -0.15) is 0 Å². The van der Waals surface area contributed by atoms with Crippen LogP contribution in [0.2, 0.25) is 0 Å². The molecular formula is C18H24FN3O2. The number of hydrogen-bond acceptors (Lipinski definition) is 3. The summed E-state index contributed by atoms with van der Waals surface area (Å²) in [4.78, 5) is 25.7. The number of carbonyl (C=O) groups is 2. The SMILES string of the molecule is O=C1CN(CC(=O)NC(c2ccc(F)cc2)C2CCCC2)CCN1. The topological polar surface area (TPSA) is 61.4 Å². The normalized spacial score (nSPS) is 20.6. The van der Waals surface area contributed by atoms with Gasteiger partial charge in [-0.3, -0.25) is 14.5 Å². The van der Waals surface area contributed by atoms with E-state index in [1.54, 1.807) is 12.1 Å². The zero-order chi connectivity index (χ0) is 16.9. The van der Waals surface area contributed by atoms with E-state index in [4.69, 9.17) is 0 Å². The number of hydrogen-bond donors (Lipinski definition) is 2. The zero-order valence-corrected chi connectivity index (χ0v) is 13.8. The van der Waals surface area contributed by atoms with Crippen molar-refractivity contribution in [3.63, 3.8) is 0 Å². The lowest BCUT2D eigenvalue weighted by atomic mass is 9.91. The van der Waals surface area contributed by atoms with Gasteiger partial charge < -0.3 is 10.6 Å². The van der Waals surface area contributed by atoms with Crippen LogP contribution in [-0.2, 0) is 9.59 Å². The summed E-state index contributed by atoms with van der Waals surface area (Å²) >= 11 is 0. The first kappa shape index (κ1) is 16.9. The van der Waals surface area contributed by atoms with Crippen molar-refractivity contribution in [2.24, 2.45) is 5.92 Å². The largest absolute Gasteiger partial charge is 0.354 e. The second kappa shape index (κ2) is 7.75. The van der Waals surface area contributed by atoms with Crippen LogP contribution in [0.15, 0.2) is 24.3 Å². The van der Waals surface area contributed by atoms with Crippen molar-refractivity contribution in [3.05, 3.63) is 35.6 Å². The fourth-order valence-electron chi connectivity index (χ4n) is 3.68. The van der Waals surface area contributed by atoms with Crippen LogP contribution in [0.1, 0.15) is 37.3 Å². The second-order valence-electron chi connectivity index (χ2n) is 6.70. The number of halogens is 1. The van der Waals surface area contributed by atoms with E-state index < -0.39 is 0 Å². The molecule has 0 radical (unpaired) electrons. The van der Waals surface area contributed by atoms with Crippen LogP contribution in [0.25, 0.3) is 0 Å². The number of benzene rings is 1. The Bertz CT molecular complexity index is 584. The van der Waals surface area contributed by atoms with E-state index in [1.807, 2.05) is 4.90 Å². The van der Waals surface area contributed by atoms with Crippen LogP contribution >= 0.6 is 0 Å². The summed E-state index contributed by atoms with van der Waals surface area (Å²) in [7, 11) is 0. The van der Waals surface area contributed by atoms with Gasteiger partial charge in [0.25, 0.3) is 0 Å². The van der Waals surface area contributed by atoms with Gasteiger partial charge in [0.05, 0.1) is 19.1 Å². The standard InChI is InChI=1S/C18H24FN3O2/c19-15-7-5-14(6-8-15)18(13-3-1-2-4-13)21-17(24)12-22-10-9-20-16(23)11-22/h5-8,13,18H,1-4,9-12H2,(H,20,23)(H,21,24). The molecule has 3 rings (SSSR count). The van der Waals surface area contributed by atoms with Gasteiger partial charge in [0.1, 0.15) is 5.82 Å². The highest BCUT2D eigenvalue weighted by molar-refractivity contribution is 5.82. The molecule has 1 aromatic rings. The first-order valence-electron chi connectivity index (χ1n) is 8.66. The Morgan fingerprint density at radius 2 is 2.00 bits per heavy atom. The number of rotatable bonds is 5. The van der Waals surface area contributed by atoms with Crippen LogP contribution in [0.5, 0.6) is 0 Å². The number of nitrogens with zero attached hydrogens (tertiary/aromatic N) is 1. The maximum atomic E-state index is 13.2. The van der Waals surface area contributed by atoms with Crippen LogP contribution in [-0.4, -0.2) is 42.9 Å². The summed E-state index contributed by atoms with van der Waals surface area (Å²) < 4.78 is 13.2. The lowest BCUT2D eigenvalue weighted by Gasteiger charge is -2.29. The van der Waals surface area contributed by atoms with E-state index in [0.29, 0.717) is 19.0 Å². The van der Waals surface area contributed by atoms with E-state index in [0.717, 1.165) is 18.4 Å². The lowest BCUT2D eigenvalue weighted by Crippen LogP contribution is -2.51. The van der Waals surface area contributed by atoms with Gasteiger partial charge in [-0.15, -0.1) is 0 Å². The second-order valence-corrected chi connectivity index (χ2v) is 6.70. The Morgan fingerprint density at radius 1 is 1.29 bits per heavy atom. The van der Waals surface area contributed by atoms with Crippen molar-refractivity contribution in [3.8, 4) is 0 Å². The molecule has 6 heteroatoms. The molecule has 2 amide bonds. The molecule has 1 unspecified atom stereocenters. The third-order valence-corrected chi connectivity index (χ3v) is 4.90. The van der Waals surface area contributed by atoms with Gasteiger partial charge in [-0.1, -0.05) is 25.0 Å². The van der Waals surface area contributed by atoms with E-state index >= 15 is 0 Å². The minimum Gasteiger partial charge on any atom is -0.354 e. The van der Waals surface area contributed by atoms with Gasteiger partial charge in [0.2, 0.25) is 11.8 Å². The maximum Gasteiger partial charge on any atom is 0.234 e. The predicted molar refractivity (Wildman–Crippen MR) is 88.7 cm³/mol. The first-order chi connectivity index (χ1) is 11.6. The molecule has 2 aliphatic rings.